The number of aromatic nitrogens is 1. The summed E-state index contributed by atoms with van der Waals surface area (Å²) < 4.78 is 77.7. The Kier molecular flexibility index (Phi) is 5.23. The number of carbonyl (C=O) groups is 1. The van der Waals surface area contributed by atoms with Crippen molar-refractivity contribution in [1.82, 2.24) is 9.88 Å². The number of benzene rings is 2. The van der Waals surface area contributed by atoms with Gasteiger partial charge in [-0.2, -0.15) is 5.26 Å². The summed E-state index contributed by atoms with van der Waals surface area (Å²) in [5, 5.41) is 13.7. The van der Waals surface area contributed by atoms with Crippen LogP contribution in [0, 0.1) is 17.1 Å². The van der Waals surface area contributed by atoms with Crippen molar-refractivity contribution in [3.05, 3.63) is 64.9 Å². The number of ether oxygens (including phenoxy) is 1. The molecule has 0 radical (unpaired) electrons. The number of halogens is 2. The van der Waals surface area contributed by atoms with Gasteiger partial charge >= 0.3 is 0 Å². The van der Waals surface area contributed by atoms with Crippen LogP contribution in [0.3, 0.4) is 0 Å². The van der Waals surface area contributed by atoms with Crippen molar-refractivity contribution in [3.63, 3.8) is 0 Å². The van der Waals surface area contributed by atoms with Gasteiger partial charge in [-0.25, -0.2) is 4.39 Å². The minimum absolute atomic E-state index is 0.0176. The summed E-state index contributed by atoms with van der Waals surface area (Å²) in [7, 11) is 3.48. The Bertz CT molecular complexity index is 1580. The van der Waals surface area contributed by atoms with E-state index in [9.17, 15) is 14.4 Å². The molecule has 0 aliphatic heterocycles. The van der Waals surface area contributed by atoms with Crippen molar-refractivity contribution in [2.24, 2.45) is 0 Å². The zero-order valence-electron chi connectivity index (χ0n) is 24.9. The predicted octanol–water partition coefficient (Wildman–Crippen LogP) is 5.10. The molecule has 0 saturated heterocycles. The summed E-state index contributed by atoms with van der Waals surface area (Å²) in [5.74, 6) is -2.48. The summed E-state index contributed by atoms with van der Waals surface area (Å²) in [6, 6.07) is -2.09. The second-order valence-electron chi connectivity index (χ2n) is 6.76. The maximum atomic E-state index is 14.2. The molecule has 2 N–H and O–H groups in total. The highest BCUT2D eigenvalue weighted by atomic mass is 35.5. The van der Waals surface area contributed by atoms with Crippen molar-refractivity contribution in [1.29, 1.82) is 5.26 Å². The number of amides is 1. The fourth-order valence-electron chi connectivity index (χ4n) is 2.60. The van der Waals surface area contributed by atoms with E-state index in [1.54, 1.807) is 32.0 Å². The number of nitrogens with zero attached hydrogens (tertiary/aromatic N) is 3. The minimum atomic E-state index is -1.29. The molecule has 33 heavy (non-hydrogen) atoms. The number of carbonyl (C=O) groups excluding carboxylic acids is 1. The number of nitrogens with one attached hydrogen (secondary N) is 2. The number of likely N-dealkylation sites (N-methyl/N-ethyl adjacent to an activating group) is 1. The molecule has 170 valence electrons. The van der Waals surface area contributed by atoms with Gasteiger partial charge in [0, 0.05) is 35.9 Å². The van der Waals surface area contributed by atoms with Crippen LogP contribution >= 0.6 is 11.6 Å². The third-order valence-electron chi connectivity index (χ3n) is 4.03. The molecule has 0 unspecified atom stereocenters. The third-order valence-corrected chi connectivity index (χ3v) is 4.29. The van der Waals surface area contributed by atoms with E-state index < -0.39 is 70.4 Å². The molecule has 3 aromatic rings. The molecule has 0 bridgehead atoms. The van der Waals surface area contributed by atoms with Gasteiger partial charge < -0.3 is 20.3 Å². The smallest absolute Gasteiger partial charge is 0.248 e. The van der Waals surface area contributed by atoms with Crippen molar-refractivity contribution < 1.29 is 23.5 Å². The van der Waals surface area contributed by atoms with Gasteiger partial charge in [-0.1, -0.05) is 17.7 Å². The fraction of sp³-hybridized carbons (Fsp3) is 0.208. The summed E-state index contributed by atoms with van der Waals surface area (Å²) >= 11 is 5.84. The summed E-state index contributed by atoms with van der Waals surface area (Å²) in [4.78, 5) is 18.5. The molecule has 0 saturated carbocycles. The molecule has 0 fully saturated rings. The van der Waals surface area contributed by atoms with Gasteiger partial charge in [-0.05, 0) is 45.2 Å². The lowest BCUT2D eigenvalue weighted by molar-refractivity contribution is -0.111. The SMILES string of the molecule is [2H]/C(=C\CN(C)C)C(=O)Nc1c(OCC)c([2H])c2nc([2H])c(C#N)c(Nc3c([2H])c([2H])c(F)c(Cl)c3[2H])c2c1[2H]. The maximum Gasteiger partial charge on any atom is 0.248 e. The second kappa shape index (κ2) is 10.8. The summed E-state index contributed by atoms with van der Waals surface area (Å²) in [5.41, 5.74) is -1.92. The van der Waals surface area contributed by atoms with Crippen LogP contribution in [-0.2, 0) is 4.79 Å². The highest BCUT2D eigenvalue weighted by Gasteiger charge is 2.15. The van der Waals surface area contributed by atoms with Crippen LogP contribution in [0.2, 0.25) is 5.02 Å². The lowest BCUT2D eigenvalue weighted by Gasteiger charge is -2.16. The molecular weight excluding hydrogens is 445 g/mol. The Balaban J connectivity index is 2.39. The molecular formula is C24H23ClFN5O2. The van der Waals surface area contributed by atoms with Crippen LogP contribution in [0.5, 0.6) is 5.75 Å². The first-order chi connectivity index (χ1) is 18.8. The van der Waals surface area contributed by atoms with E-state index in [1.807, 2.05) is 0 Å². The first kappa shape index (κ1) is 16.0. The molecule has 7 nitrogen and oxygen atoms in total. The van der Waals surface area contributed by atoms with E-state index in [0.717, 1.165) is 0 Å². The predicted molar refractivity (Wildman–Crippen MR) is 129 cm³/mol. The van der Waals surface area contributed by atoms with Crippen molar-refractivity contribution >= 4 is 45.5 Å². The second-order valence-corrected chi connectivity index (χ2v) is 7.14. The van der Waals surface area contributed by atoms with Crippen LogP contribution in [0.1, 0.15) is 22.1 Å². The number of hydrogen-bond acceptors (Lipinski definition) is 6. The molecule has 0 spiro atoms. The van der Waals surface area contributed by atoms with Gasteiger partial charge in [0.2, 0.25) is 5.91 Å². The molecule has 1 aromatic heterocycles. The van der Waals surface area contributed by atoms with Crippen molar-refractivity contribution in [2.45, 2.75) is 6.92 Å². The van der Waals surface area contributed by atoms with E-state index in [-0.39, 0.29) is 41.2 Å². The number of fused-ring (bicyclic) bond motifs is 1. The first-order valence-corrected chi connectivity index (χ1v) is 9.99. The molecule has 1 amide bonds. The lowest BCUT2D eigenvalue weighted by Crippen LogP contribution is -2.13. The zero-order valence-corrected chi connectivity index (χ0v) is 18.7. The summed E-state index contributed by atoms with van der Waals surface area (Å²) in [6.45, 7) is 1.89. The van der Waals surface area contributed by atoms with Gasteiger partial charge in [-0.15, -0.1) is 0 Å². The topological polar surface area (TPSA) is 90.3 Å². The van der Waals surface area contributed by atoms with Crippen molar-refractivity contribution in [3.8, 4) is 11.8 Å². The van der Waals surface area contributed by atoms with Crippen LogP contribution < -0.4 is 15.4 Å². The molecule has 0 atom stereocenters. The number of nitriles is 1. The van der Waals surface area contributed by atoms with Gasteiger partial charge in [0.1, 0.15) is 17.6 Å². The van der Waals surface area contributed by atoms with E-state index in [2.05, 4.69) is 15.6 Å². The number of pyridine rings is 1. The molecule has 9 heteroatoms. The molecule has 2 aromatic carbocycles. The van der Waals surface area contributed by atoms with Crippen LogP contribution in [0.4, 0.5) is 21.5 Å². The van der Waals surface area contributed by atoms with Crippen LogP contribution in [0.15, 0.2) is 48.5 Å². The van der Waals surface area contributed by atoms with Gasteiger partial charge in [-0.3, -0.25) is 9.78 Å². The molecule has 3 rings (SSSR count). The van der Waals surface area contributed by atoms with Crippen LogP contribution in [0.25, 0.3) is 10.9 Å². The van der Waals surface area contributed by atoms with E-state index >= 15 is 0 Å². The van der Waals surface area contributed by atoms with Gasteiger partial charge in [0.25, 0.3) is 0 Å². The van der Waals surface area contributed by atoms with E-state index in [1.165, 1.54) is 6.08 Å². The monoisotopic (exact) mass is 474 g/mol. The van der Waals surface area contributed by atoms with E-state index in [0.29, 0.717) is 0 Å². The Hall–Kier alpha value is -3.67. The highest BCUT2D eigenvalue weighted by molar-refractivity contribution is 6.31. The average Bonchev–Trinajstić information content (AvgIpc) is 2.91. The maximum absolute atomic E-state index is 14.2. The lowest BCUT2D eigenvalue weighted by atomic mass is 10.1. The first-order valence-electron chi connectivity index (χ1n) is 13.1. The largest absolute Gasteiger partial charge is 0.492 e. The minimum Gasteiger partial charge on any atom is -0.492 e. The normalized spacial score (nSPS) is 14.3. The average molecular weight is 475 g/mol. The Morgan fingerprint density at radius 3 is 2.91 bits per heavy atom. The van der Waals surface area contributed by atoms with Gasteiger partial charge in [0.15, 0.2) is 0 Å². The number of hydrogen-bond donors (Lipinski definition) is 2. The third kappa shape index (κ3) is 5.98. The summed E-state index contributed by atoms with van der Waals surface area (Å²) in [6.07, 6.45) is 0.709. The van der Waals surface area contributed by atoms with Gasteiger partial charge in [0.05, 0.1) is 43.7 Å². The molecule has 0 aliphatic carbocycles. The van der Waals surface area contributed by atoms with Crippen molar-refractivity contribution in [2.75, 3.05) is 37.9 Å². The Morgan fingerprint density at radius 2 is 2.21 bits per heavy atom. The Morgan fingerprint density at radius 1 is 1.42 bits per heavy atom. The quantitative estimate of drug-likeness (QED) is 0.441. The van der Waals surface area contributed by atoms with E-state index in [4.69, 9.17) is 25.9 Å². The molecule has 1 heterocycles. The molecule has 0 aliphatic rings. The van der Waals surface area contributed by atoms with Crippen LogP contribution in [-0.4, -0.2) is 43.0 Å². The Labute approximate surface area is 206 Å². The fourth-order valence-corrected chi connectivity index (χ4v) is 2.75. The standard InChI is InChI=1S/C24H23ClFN5O2/c1-4-33-22-12-20-17(11-21(22)30-23(32)6-5-9-31(2)3)24(15(13-27)14-28-20)29-16-7-8-19(26)18(25)10-16/h5-8,10-12,14H,4,9H2,1-3H3,(H,28,29)(H,30,32)/b6-5+/i6D,7D,8D,10D,11D,12D,14D. The highest BCUT2D eigenvalue weighted by Crippen LogP contribution is 2.36. The number of anilines is 3. The zero-order chi connectivity index (χ0) is 30.0. The number of rotatable bonds is 8.